The highest BCUT2D eigenvalue weighted by Crippen LogP contribution is 2.39. The van der Waals surface area contributed by atoms with Gasteiger partial charge in [0.05, 0.1) is 31.9 Å². The number of methoxy groups -OCH3 is 1. The van der Waals surface area contributed by atoms with Crippen LogP contribution >= 0.6 is 0 Å². The van der Waals surface area contributed by atoms with E-state index in [2.05, 4.69) is 9.88 Å². The van der Waals surface area contributed by atoms with E-state index in [1.165, 1.54) is 12.4 Å². The first-order valence-electron chi connectivity index (χ1n) is 10.7. The standard InChI is InChI=1S/C24H27N3O5/c1-31-19-5-3-17(4-6-19)21-20(22(28)18-7-9-25-10-8-18)23(29)24(30)27(21)12-2-11-26-13-15-32-16-14-26/h3-10,21,28H,2,11-16H2,1H3/t21-/m0/s1. The van der Waals surface area contributed by atoms with Gasteiger partial charge in [-0.2, -0.15) is 0 Å². The average molecular weight is 437 g/mol. The molecule has 4 rings (SSSR count). The van der Waals surface area contributed by atoms with Crippen LogP contribution in [-0.4, -0.2) is 78.1 Å². The minimum Gasteiger partial charge on any atom is -0.507 e. The van der Waals surface area contributed by atoms with Crippen LogP contribution in [0.1, 0.15) is 23.6 Å². The Morgan fingerprint density at radius 2 is 1.78 bits per heavy atom. The van der Waals surface area contributed by atoms with Crippen LogP contribution in [0.5, 0.6) is 5.75 Å². The summed E-state index contributed by atoms with van der Waals surface area (Å²) in [7, 11) is 1.58. The van der Waals surface area contributed by atoms with Crippen molar-refractivity contribution < 1.29 is 24.2 Å². The SMILES string of the molecule is COc1ccc([C@H]2C(=C(O)c3ccncc3)C(=O)C(=O)N2CCCN2CCOCC2)cc1. The van der Waals surface area contributed by atoms with Crippen LogP contribution in [0.25, 0.3) is 5.76 Å². The van der Waals surface area contributed by atoms with E-state index in [0.29, 0.717) is 31.1 Å². The number of carbonyl (C=O) groups excluding carboxylic acids is 2. The molecule has 3 heterocycles. The summed E-state index contributed by atoms with van der Waals surface area (Å²) in [5.41, 5.74) is 1.29. The van der Waals surface area contributed by atoms with Crippen LogP contribution in [-0.2, 0) is 14.3 Å². The van der Waals surface area contributed by atoms with Gasteiger partial charge in [0.2, 0.25) is 0 Å². The van der Waals surface area contributed by atoms with E-state index >= 15 is 0 Å². The lowest BCUT2D eigenvalue weighted by Gasteiger charge is -2.29. The molecule has 1 atom stereocenters. The number of ketones is 1. The summed E-state index contributed by atoms with van der Waals surface area (Å²) in [6.45, 7) is 4.37. The van der Waals surface area contributed by atoms with Crippen molar-refractivity contribution in [2.75, 3.05) is 46.5 Å². The number of hydrogen-bond acceptors (Lipinski definition) is 7. The molecule has 0 spiro atoms. The van der Waals surface area contributed by atoms with Crippen molar-refractivity contribution in [1.82, 2.24) is 14.8 Å². The number of likely N-dealkylation sites (tertiary alicyclic amines) is 1. The van der Waals surface area contributed by atoms with Gasteiger partial charge < -0.3 is 19.5 Å². The number of amides is 1. The second-order valence-corrected chi connectivity index (χ2v) is 7.81. The molecule has 0 saturated carbocycles. The van der Waals surface area contributed by atoms with Crippen molar-refractivity contribution in [1.29, 1.82) is 0 Å². The Balaban J connectivity index is 1.65. The van der Waals surface area contributed by atoms with Crippen LogP contribution in [0.4, 0.5) is 0 Å². The Bertz CT molecular complexity index is 984. The number of hydrogen-bond donors (Lipinski definition) is 1. The van der Waals surface area contributed by atoms with Crippen molar-refractivity contribution in [3.05, 3.63) is 65.5 Å². The van der Waals surface area contributed by atoms with Gasteiger partial charge in [-0.05, 0) is 36.2 Å². The fourth-order valence-corrected chi connectivity index (χ4v) is 4.20. The average Bonchev–Trinajstić information content (AvgIpc) is 3.10. The number of nitrogens with zero attached hydrogens (tertiary/aromatic N) is 3. The van der Waals surface area contributed by atoms with E-state index in [1.54, 1.807) is 36.3 Å². The third-order valence-electron chi connectivity index (χ3n) is 5.90. The second kappa shape index (κ2) is 9.93. The molecule has 2 aliphatic rings. The number of rotatable bonds is 7. The zero-order valence-electron chi connectivity index (χ0n) is 18.1. The van der Waals surface area contributed by atoms with E-state index in [0.717, 1.165) is 31.6 Å². The smallest absolute Gasteiger partial charge is 0.295 e. The Morgan fingerprint density at radius 3 is 2.44 bits per heavy atom. The molecule has 0 bridgehead atoms. The monoisotopic (exact) mass is 437 g/mol. The summed E-state index contributed by atoms with van der Waals surface area (Å²) in [5, 5.41) is 11.0. The number of ether oxygens (including phenoxy) is 2. The molecule has 0 radical (unpaired) electrons. The Morgan fingerprint density at radius 1 is 1.09 bits per heavy atom. The van der Waals surface area contributed by atoms with E-state index in [-0.39, 0.29) is 11.3 Å². The van der Waals surface area contributed by atoms with Crippen molar-refractivity contribution in [2.45, 2.75) is 12.5 Å². The van der Waals surface area contributed by atoms with Gasteiger partial charge in [0.15, 0.2) is 0 Å². The van der Waals surface area contributed by atoms with E-state index in [4.69, 9.17) is 9.47 Å². The third kappa shape index (κ3) is 4.51. The molecule has 8 nitrogen and oxygen atoms in total. The Kier molecular flexibility index (Phi) is 6.82. The third-order valence-corrected chi connectivity index (χ3v) is 5.90. The number of aromatic nitrogens is 1. The zero-order chi connectivity index (χ0) is 22.5. The molecule has 1 aromatic heterocycles. The lowest BCUT2D eigenvalue weighted by atomic mass is 9.95. The van der Waals surface area contributed by atoms with Crippen molar-refractivity contribution >= 4 is 17.4 Å². The van der Waals surface area contributed by atoms with Crippen LogP contribution in [0.15, 0.2) is 54.4 Å². The number of aliphatic hydroxyl groups excluding tert-OH is 1. The highest BCUT2D eigenvalue weighted by Gasteiger charge is 2.45. The quantitative estimate of drug-likeness (QED) is 0.403. The summed E-state index contributed by atoms with van der Waals surface area (Å²) in [6.07, 6.45) is 3.79. The molecule has 0 unspecified atom stereocenters. The van der Waals surface area contributed by atoms with Crippen LogP contribution in [0, 0.1) is 0 Å². The summed E-state index contributed by atoms with van der Waals surface area (Å²) < 4.78 is 10.6. The Hall–Kier alpha value is -3.23. The summed E-state index contributed by atoms with van der Waals surface area (Å²) in [5.74, 6) is -0.788. The predicted octanol–water partition coefficient (Wildman–Crippen LogP) is 2.23. The van der Waals surface area contributed by atoms with Gasteiger partial charge in [-0.3, -0.25) is 19.5 Å². The van der Waals surface area contributed by atoms with Crippen LogP contribution in [0.3, 0.4) is 0 Å². The lowest BCUT2D eigenvalue weighted by molar-refractivity contribution is -0.140. The summed E-state index contributed by atoms with van der Waals surface area (Å²) >= 11 is 0. The van der Waals surface area contributed by atoms with Gasteiger partial charge in [-0.25, -0.2) is 0 Å². The highest BCUT2D eigenvalue weighted by atomic mass is 16.5. The predicted molar refractivity (Wildman–Crippen MR) is 118 cm³/mol. The van der Waals surface area contributed by atoms with E-state index in [9.17, 15) is 14.7 Å². The number of carbonyl (C=O) groups is 2. The van der Waals surface area contributed by atoms with Gasteiger partial charge in [-0.15, -0.1) is 0 Å². The zero-order valence-corrected chi connectivity index (χ0v) is 18.1. The molecule has 2 aromatic rings. The van der Waals surface area contributed by atoms with E-state index < -0.39 is 17.7 Å². The largest absolute Gasteiger partial charge is 0.507 e. The molecule has 168 valence electrons. The molecule has 1 amide bonds. The first kappa shape index (κ1) is 22.0. The van der Waals surface area contributed by atoms with Crippen molar-refractivity contribution in [3.63, 3.8) is 0 Å². The maximum absolute atomic E-state index is 13.0. The highest BCUT2D eigenvalue weighted by molar-refractivity contribution is 6.46. The topological polar surface area (TPSA) is 92.2 Å². The molecule has 2 saturated heterocycles. The van der Waals surface area contributed by atoms with Crippen LogP contribution in [0.2, 0.25) is 0 Å². The molecular weight excluding hydrogens is 410 g/mol. The molecule has 32 heavy (non-hydrogen) atoms. The van der Waals surface area contributed by atoms with Gasteiger partial charge in [0.25, 0.3) is 11.7 Å². The van der Waals surface area contributed by atoms with Gasteiger partial charge >= 0.3 is 0 Å². The van der Waals surface area contributed by atoms with Crippen molar-refractivity contribution in [2.24, 2.45) is 0 Å². The van der Waals surface area contributed by atoms with Gasteiger partial charge in [0.1, 0.15) is 11.5 Å². The minimum atomic E-state index is -0.675. The fourth-order valence-electron chi connectivity index (χ4n) is 4.20. The second-order valence-electron chi connectivity index (χ2n) is 7.81. The van der Waals surface area contributed by atoms with E-state index in [1.807, 2.05) is 12.1 Å². The van der Waals surface area contributed by atoms with Crippen molar-refractivity contribution in [3.8, 4) is 5.75 Å². The maximum Gasteiger partial charge on any atom is 0.295 e. The summed E-state index contributed by atoms with van der Waals surface area (Å²) in [6, 6.07) is 9.79. The summed E-state index contributed by atoms with van der Waals surface area (Å²) in [4.78, 5) is 33.8. The number of morpholine rings is 1. The van der Waals surface area contributed by atoms with Gasteiger partial charge in [0, 0.05) is 44.1 Å². The first-order chi connectivity index (χ1) is 15.6. The fraction of sp³-hybridized carbons (Fsp3) is 0.375. The molecule has 1 N–H and O–H groups in total. The van der Waals surface area contributed by atoms with Gasteiger partial charge in [-0.1, -0.05) is 12.1 Å². The molecule has 1 aromatic carbocycles. The Labute approximate surface area is 187 Å². The van der Waals surface area contributed by atoms with Crippen LogP contribution < -0.4 is 4.74 Å². The molecule has 0 aliphatic carbocycles. The first-order valence-corrected chi connectivity index (χ1v) is 10.7. The number of Topliss-reactive ketones (excluding diaryl/α,β-unsaturated/α-hetero) is 1. The number of pyridine rings is 1. The molecular formula is C24H27N3O5. The number of benzene rings is 1. The normalized spacial score (nSPS) is 21.2. The lowest BCUT2D eigenvalue weighted by Crippen LogP contribution is -2.38. The molecule has 8 heteroatoms. The number of aliphatic hydroxyl groups is 1. The maximum atomic E-state index is 13.0. The minimum absolute atomic E-state index is 0.0951. The molecule has 2 aliphatic heterocycles. The molecule has 2 fully saturated rings.